The quantitative estimate of drug-likeness (QED) is 0.337. The molecule has 0 bridgehead atoms. The molecule has 0 aliphatic carbocycles. The Morgan fingerprint density at radius 3 is 2.67 bits per heavy atom. The van der Waals surface area contributed by atoms with Crippen molar-refractivity contribution in [2.45, 2.75) is 56.4 Å². The van der Waals surface area contributed by atoms with Gasteiger partial charge in [-0.2, -0.15) is 0 Å². The van der Waals surface area contributed by atoms with Gasteiger partial charge in [-0.1, -0.05) is 68.3 Å². The number of amides is 2. The van der Waals surface area contributed by atoms with Crippen LogP contribution in [0.2, 0.25) is 0 Å². The highest BCUT2D eigenvalue weighted by Gasteiger charge is 2.72. The van der Waals surface area contributed by atoms with Gasteiger partial charge in [0.1, 0.15) is 24.2 Å². The maximum Gasteiger partial charge on any atom is 0.313 e. The third kappa shape index (κ3) is 4.06. The Labute approximate surface area is 211 Å². The van der Waals surface area contributed by atoms with Gasteiger partial charge in [0.15, 0.2) is 0 Å². The summed E-state index contributed by atoms with van der Waals surface area (Å²) in [5, 5.41) is 10.5. The monoisotopic (exact) mass is 494 g/mol. The number of ether oxygens (including phenoxy) is 2. The van der Waals surface area contributed by atoms with E-state index in [9.17, 15) is 19.5 Å². The fourth-order valence-corrected chi connectivity index (χ4v) is 6.24. The fourth-order valence-electron chi connectivity index (χ4n) is 6.24. The minimum atomic E-state index is -1.30. The summed E-state index contributed by atoms with van der Waals surface area (Å²) in [4.78, 5) is 44.6. The number of aliphatic hydroxyl groups is 1. The number of esters is 1. The molecule has 1 N–H and O–H groups in total. The molecule has 0 aromatic heterocycles. The first kappa shape index (κ1) is 24.7. The summed E-state index contributed by atoms with van der Waals surface area (Å²) in [6.07, 6.45) is 9.83. The van der Waals surface area contributed by atoms with Gasteiger partial charge in [-0.3, -0.25) is 14.4 Å². The molecule has 1 unspecified atom stereocenters. The van der Waals surface area contributed by atoms with Crippen LogP contribution in [0.15, 0.2) is 54.6 Å². The van der Waals surface area contributed by atoms with E-state index in [-0.39, 0.29) is 25.0 Å². The first-order valence-electron chi connectivity index (χ1n) is 13.0. The lowest BCUT2D eigenvalue weighted by Crippen LogP contribution is -2.58. The van der Waals surface area contributed by atoms with Gasteiger partial charge in [0.05, 0.1) is 24.7 Å². The second-order valence-electron chi connectivity index (χ2n) is 10.1. The van der Waals surface area contributed by atoms with Crippen molar-refractivity contribution in [2.75, 3.05) is 26.3 Å². The highest BCUT2D eigenvalue weighted by atomic mass is 16.6. The number of rotatable bonds is 8. The zero-order chi connectivity index (χ0) is 25.3. The fraction of sp³-hybridized carbons (Fsp3) is 0.536. The molecule has 5 rings (SSSR count). The van der Waals surface area contributed by atoms with Gasteiger partial charge in [-0.05, 0) is 24.5 Å². The molecule has 2 saturated heterocycles. The first-order chi connectivity index (χ1) is 17.5. The first-order valence-corrected chi connectivity index (χ1v) is 13.0. The third-order valence-electron chi connectivity index (χ3n) is 7.88. The lowest BCUT2D eigenvalue weighted by atomic mass is 9.78. The Morgan fingerprint density at radius 1 is 1.11 bits per heavy atom. The summed E-state index contributed by atoms with van der Waals surface area (Å²) >= 11 is 0. The predicted molar refractivity (Wildman–Crippen MR) is 132 cm³/mol. The molecule has 1 spiro atoms. The van der Waals surface area contributed by atoms with E-state index in [4.69, 9.17) is 9.47 Å². The number of likely N-dealkylation sites (tertiary alicyclic amines) is 1. The van der Waals surface area contributed by atoms with Crippen molar-refractivity contribution in [3.8, 4) is 0 Å². The molecule has 0 radical (unpaired) electrons. The maximum absolute atomic E-state index is 14.2. The largest absolute Gasteiger partial charge is 0.461 e. The van der Waals surface area contributed by atoms with E-state index in [1.54, 1.807) is 17.1 Å². The van der Waals surface area contributed by atoms with Crippen molar-refractivity contribution in [1.29, 1.82) is 0 Å². The van der Waals surface area contributed by atoms with E-state index in [0.29, 0.717) is 19.5 Å². The minimum absolute atomic E-state index is 0.128. The van der Waals surface area contributed by atoms with Gasteiger partial charge in [0, 0.05) is 13.1 Å². The minimum Gasteiger partial charge on any atom is -0.461 e. The number of unbranched alkanes of at least 4 members (excludes halogenated alkanes) is 2. The highest BCUT2D eigenvalue weighted by Crippen LogP contribution is 2.53. The number of benzene rings is 1. The van der Waals surface area contributed by atoms with Gasteiger partial charge < -0.3 is 24.4 Å². The van der Waals surface area contributed by atoms with Crippen LogP contribution in [-0.2, 0) is 30.3 Å². The number of cyclic esters (lactones) is 1. The van der Waals surface area contributed by atoms with Gasteiger partial charge in [0.25, 0.3) is 0 Å². The smallest absolute Gasteiger partial charge is 0.313 e. The van der Waals surface area contributed by atoms with E-state index < -0.39 is 41.6 Å². The van der Waals surface area contributed by atoms with Gasteiger partial charge in [0.2, 0.25) is 11.8 Å². The summed E-state index contributed by atoms with van der Waals surface area (Å²) < 4.78 is 11.9. The Kier molecular flexibility index (Phi) is 6.99. The third-order valence-corrected chi connectivity index (χ3v) is 7.88. The van der Waals surface area contributed by atoms with Crippen LogP contribution in [0.4, 0.5) is 0 Å². The average Bonchev–Trinajstić information content (AvgIpc) is 3.19. The van der Waals surface area contributed by atoms with Crippen LogP contribution in [0, 0.1) is 11.8 Å². The number of hydrogen-bond donors (Lipinski definition) is 1. The van der Waals surface area contributed by atoms with Crippen LogP contribution in [0.5, 0.6) is 0 Å². The summed E-state index contributed by atoms with van der Waals surface area (Å²) in [6.45, 7) is 2.92. The van der Waals surface area contributed by atoms with Crippen molar-refractivity contribution >= 4 is 17.8 Å². The van der Waals surface area contributed by atoms with Crippen molar-refractivity contribution in [2.24, 2.45) is 11.8 Å². The number of fused-ring (bicyclic) bond motifs is 2. The molecule has 4 heterocycles. The van der Waals surface area contributed by atoms with Crippen LogP contribution in [0.3, 0.4) is 0 Å². The standard InChI is InChI=1S/C28H34N2O6/c1-2-3-7-14-29-15-9-13-28-23(22-21(36-28)12-8-16-35-27(22)34)25(32)30(24(28)26(29)33)20(18-31)17-19-10-5-4-6-11-19/h4-6,8-13,20-24,31H,2-3,7,14-18H2,1H3/t20-,21+,22-,23+,24?,28+/m1/s1. The molecule has 0 saturated carbocycles. The SMILES string of the molecule is CCCCCN1CC=C[C@]23O[C@H]4C=CCOC(=O)[C@H]4[C@H]2C(=O)N([C@@H](CO)Cc2ccccc2)C3C1=O. The van der Waals surface area contributed by atoms with Crippen molar-refractivity contribution < 1.29 is 29.0 Å². The summed E-state index contributed by atoms with van der Waals surface area (Å²) in [5.74, 6) is -2.78. The Bertz CT molecular complexity index is 1060. The number of aliphatic hydroxyl groups excluding tert-OH is 1. The second kappa shape index (κ2) is 10.2. The molecule has 6 atom stereocenters. The average molecular weight is 495 g/mol. The Balaban J connectivity index is 1.57. The van der Waals surface area contributed by atoms with Crippen LogP contribution in [-0.4, -0.2) is 82.8 Å². The molecule has 1 aromatic carbocycles. The number of carbonyl (C=O) groups is 3. The summed E-state index contributed by atoms with van der Waals surface area (Å²) in [7, 11) is 0. The highest BCUT2D eigenvalue weighted by molar-refractivity contribution is 5.99. The van der Waals surface area contributed by atoms with Gasteiger partial charge >= 0.3 is 5.97 Å². The molecular formula is C28H34N2O6. The van der Waals surface area contributed by atoms with E-state index in [1.165, 1.54) is 4.90 Å². The molecule has 36 heavy (non-hydrogen) atoms. The predicted octanol–water partition coefficient (Wildman–Crippen LogP) is 1.87. The van der Waals surface area contributed by atoms with Crippen molar-refractivity contribution in [1.82, 2.24) is 9.80 Å². The number of nitrogens with zero attached hydrogens (tertiary/aromatic N) is 2. The van der Waals surface area contributed by atoms with Crippen LogP contribution >= 0.6 is 0 Å². The molecule has 4 aliphatic heterocycles. The topological polar surface area (TPSA) is 96.4 Å². The van der Waals surface area contributed by atoms with E-state index >= 15 is 0 Å². The summed E-state index contributed by atoms with van der Waals surface area (Å²) in [5.41, 5.74) is -0.351. The van der Waals surface area contributed by atoms with Crippen LogP contribution < -0.4 is 0 Å². The van der Waals surface area contributed by atoms with E-state index in [1.807, 2.05) is 42.5 Å². The molecular weight excluding hydrogens is 460 g/mol. The Morgan fingerprint density at radius 2 is 1.92 bits per heavy atom. The molecule has 4 aliphatic rings. The van der Waals surface area contributed by atoms with Crippen molar-refractivity contribution in [3.63, 3.8) is 0 Å². The Hall–Kier alpha value is -2.97. The molecule has 2 fully saturated rings. The lowest BCUT2D eigenvalue weighted by molar-refractivity contribution is -0.155. The lowest BCUT2D eigenvalue weighted by Gasteiger charge is -2.38. The van der Waals surface area contributed by atoms with Crippen LogP contribution in [0.25, 0.3) is 0 Å². The molecule has 2 amide bonds. The van der Waals surface area contributed by atoms with Crippen molar-refractivity contribution in [3.05, 3.63) is 60.2 Å². The van der Waals surface area contributed by atoms with Gasteiger partial charge in [-0.25, -0.2) is 0 Å². The molecule has 8 nitrogen and oxygen atoms in total. The zero-order valence-corrected chi connectivity index (χ0v) is 20.6. The number of hydrogen-bond acceptors (Lipinski definition) is 6. The zero-order valence-electron chi connectivity index (χ0n) is 20.6. The normalized spacial score (nSPS) is 32.0. The summed E-state index contributed by atoms with van der Waals surface area (Å²) in [6, 6.07) is 7.98. The molecule has 8 heteroatoms. The molecule has 1 aromatic rings. The van der Waals surface area contributed by atoms with Gasteiger partial charge in [-0.15, -0.1) is 0 Å². The maximum atomic E-state index is 14.2. The number of carbonyl (C=O) groups excluding carboxylic acids is 3. The van der Waals surface area contributed by atoms with Crippen LogP contribution in [0.1, 0.15) is 31.7 Å². The van der Waals surface area contributed by atoms with E-state index in [0.717, 1.165) is 24.8 Å². The van der Waals surface area contributed by atoms with E-state index in [2.05, 4.69) is 6.92 Å². The molecule has 192 valence electrons. The second-order valence-corrected chi connectivity index (χ2v) is 10.1.